The predicted molar refractivity (Wildman–Crippen MR) is 75.7 cm³/mol. The van der Waals surface area contributed by atoms with E-state index in [1.54, 1.807) is 20.8 Å². The fourth-order valence-corrected chi connectivity index (χ4v) is 1.50. The van der Waals surface area contributed by atoms with Gasteiger partial charge in [-0.1, -0.05) is 0 Å². The van der Waals surface area contributed by atoms with Gasteiger partial charge >= 0.3 is 6.09 Å². The number of amides is 1. The highest BCUT2D eigenvalue weighted by Crippen LogP contribution is 2.24. The highest BCUT2D eigenvalue weighted by Gasteiger charge is 2.17. The van der Waals surface area contributed by atoms with Crippen LogP contribution in [0.4, 0.5) is 25.0 Å². The van der Waals surface area contributed by atoms with Crippen LogP contribution in [-0.2, 0) is 4.74 Å². The third-order valence-corrected chi connectivity index (χ3v) is 2.33. The number of nitrogens with zero attached hydrogens (tertiary/aromatic N) is 1. The second-order valence-corrected chi connectivity index (χ2v) is 5.40. The first-order valence-corrected chi connectivity index (χ1v) is 6.44. The minimum atomic E-state index is -1.08. The lowest BCUT2D eigenvalue weighted by molar-refractivity contribution is -0.385. The average Bonchev–Trinajstić information content (AvgIpc) is 2.34. The summed E-state index contributed by atoms with van der Waals surface area (Å²) < 4.78 is 32.1. The fourth-order valence-electron chi connectivity index (χ4n) is 1.50. The van der Waals surface area contributed by atoms with Crippen molar-refractivity contribution in [2.24, 2.45) is 0 Å². The van der Waals surface area contributed by atoms with Gasteiger partial charge in [0, 0.05) is 13.1 Å². The molecule has 7 nitrogen and oxygen atoms in total. The minimum absolute atomic E-state index is 0.0187. The molecule has 0 aliphatic heterocycles. The van der Waals surface area contributed by atoms with Crippen molar-refractivity contribution in [1.82, 2.24) is 5.32 Å². The van der Waals surface area contributed by atoms with Gasteiger partial charge in [0.15, 0.2) is 11.6 Å². The van der Waals surface area contributed by atoms with Gasteiger partial charge in [-0.2, -0.15) is 0 Å². The highest BCUT2D eigenvalue weighted by molar-refractivity contribution is 5.67. The summed E-state index contributed by atoms with van der Waals surface area (Å²) in [5.74, 6) is -2.16. The van der Waals surface area contributed by atoms with Crippen molar-refractivity contribution >= 4 is 17.5 Å². The Morgan fingerprint density at radius 3 is 2.27 bits per heavy atom. The van der Waals surface area contributed by atoms with E-state index in [4.69, 9.17) is 4.74 Å². The number of hydrogen-bond donors (Lipinski definition) is 2. The number of nitro benzene ring substituents is 1. The van der Waals surface area contributed by atoms with Crippen molar-refractivity contribution in [1.29, 1.82) is 0 Å². The molecular weight excluding hydrogens is 300 g/mol. The molecule has 0 atom stereocenters. The van der Waals surface area contributed by atoms with Crippen molar-refractivity contribution in [3.05, 3.63) is 33.9 Å². The molecule has 0 aliphatic carbocycles. The average molecular weight is 317 g/mol. The second-order valence-electron chi connectivity index (χ2n) is 5.40. The Hall–Kier alpha value is -2.45. The topological polar surface area (TPSA) is 93.5 Å². The van der Waals surface area contributed by atoms with Crippen molar-refractivity contribution < 1.29 is 23.2 Å². The molecule has 1 aromatic carbocycles. The fraction of sp³-hybridized carbons (Fsp3) is 0.462. The van der Waals surface area contributed by atoms with E-state index < -0.39 is 39.6 Å². The van der Waals surface area contributed by atoms with E-state index in [-0.39, 0.29) is 13.1 Å². The zero-order chi connectivity index (χ0) is 16.9. The number of nitrogens with one attached hydrogen (secondary N) is 2. The molecule has 9 heteroatoms. The van der Waals surface area contributed by atoms with Crippen LogP contribution in [-0.4, -0.2) is 29.7 Å². The second kappa shape index (κ2) is 7.01. The molecule has 1 aromatic rings. The third kappa shape index (κ3) is 5.51. The summed E-state index contributed by atoms with van der Waals surface area (Å²) in [5, 5.41) is 15.3. The normalized spacial score (nSPS) is 11.0. The number of non-ortho nitro benzene ring substituents is 1. The summed E-state index contributed by atoms with van der Waals surface area (Å²) in [6, 6.07) is 1.24. The first kappa shape index (κ1) is 17.6. The molecule has 122 valence electrons. The highest BCUT2D eigenvalue weighted by atomic mass is 19.1. The Kier molecular flexibility index (Phi) is 5.61. The van der Waals surface area contributed by atoms with Gasteiger partial charge in [-0.05, 0) is 20.8 Å². The lowest BCUT2D eigenvalue weighted by Crippen LogP contribution is -2.35. The van der Waals surface area contributed by atoms with Crippen LogP contribution in [0, 0.1) is 21.7 Å². The summed E-state index contributed by atoms with van der Waals surface area (Å²) in [4.78, 5) is 20.9. The Bertz CT molecular complexity index is 550. The third-order valence-electron chi connectivity index (χ3n) is 2.33. The van der Waals surface area contributed by atoms with Gasteiger partial charge in [0.05, 0.1) is 17.1 Å². The van der Waals surface area contributed by atoms with Crippen molar-refractivity contribution in [2.75, 3.05) is 18.4 Å². The van der Waals surface area contributed by atoms with Crippen LogP contribution in [0.25, 0.3) is 0 Å². The quantitative estimate of drug-likeness (QED) is 0.495. The van der Waals surface area contributed by atoms with E-state index in [1.807, 2.05) is 0 Å². The molecule has 0 saturated heterocycles. The van der Waals surface area contributed by atoms with Gasteiger partial charge in [-0.3, -0.25) is 10.1 Å². The Balaban J connectivity index is 2.52. The number of alkyl carbamates (subject to hydrolysis) is 1. The van der Waals surface area contributed by atoms with Gasteiger partial charge in [0.2, 0.25) is 0 Å². The molecule has 2 N–H and O–H groups in total. The van der Waals surface area contributed by atoms with Gasteiger partial charge in [-0.25, -0.2) is 13.6 Å². The number of ether oxygens (including phenoxy) is 1. The summed E-state index contributed by atoms with van der Waals surface area (Å²) >= 11 is 0. The van der Waals surface area contributed by atoms with Crippen LogP contribution in [0.1, 0.15) is 20.8 Å². The largest absolute Gasteiger partial charge is 0.444 e. The number of rotatable bonds is 5. The van der Waals surface area contributed by atoms with Crippen LogP contribution in [0.3, 0.4) is 0 Å². The lowest BCUT2D eigenvalue weighted by atomic mass is 10.2. The molecule has 1 rings (SSSR count). The predicted octanol–water partition coefficient (Wildman–Crippen LogP) is 2.81. The number of carbonyl (C=O) groups excluding carboxylic acids is 1. The van der Waals surface area contributed by atoms with Gasteiger partial charge in [0.1, 0.15) is 11.3 Å². The maximum Gasteiger partial charge on any atom is 0.407 e. The number of anilines is 1. The monoisotopic (exact) mass is 317 g/mol. The molecule has 0 heterocycles. The molecule has 0 aromatic heterocycles. The van der Waals surface area contributed by atoms with E-state index in [1.165, 1.54) is 0 Å². The van der Waals surface area contributed by atoms with Gasteiger partial charge in [0.25, 0.3) is 5.69 Å². The molecule has 1 amide bonds. The molecule has 0 radical (unpaired) electrons. The van der Waals surface area contributed by atoms with Crippen LogP contribution < -0.4 is 10.6 Å². The zero-order valence-electron chi connectivity index (χ0n) is 12.4. The summed E-state index contributed by atoms with van der Waals surface area (Å²) in [5.41, 5.74) is -1.81. The molecule has 0 bridgehead atoms. The first-order valence-electron chi connectivity index (χ1n) is 6.44. The smallest absolute Gasteiger partial charge is 0.407 e. The Morgan fingerprint density at radius 2 is 1.82 bits per heavy atom. The van der Waals surface area contributed by atoms with Gasteiger partial charge in [-0.15, -0.1) is 0 Å². The number of carbonyl (C=O) groups is 1. The van der Waals surface area contributed by atoms with Crippen molar-refractivity contribution in [3.8, 4) is 0 Å². The minimum Gasteiger partial charge on any atom is -0.444 e. The summed E-state index contributed by atoms with van der Waals surface area (Å²) in [6.07, 6.45) is -0.654. The molecule has 0 aliphatic rings. The number of nitro groups is 1. The maximum absolute atomic E-state index is 13.6. The van der Waals surface area contributed by atoms with Gasteiger partial charge < -0.3 is 15.4 Å². The van der Waals surface area contributed by atoms with E-state index in [9.17, 15) is 23.7 Å². The lowest BCUT2D eigenvalue weighted by Gasteiger charge is -2.19. The standard InChI is InChI=1S/C13H17F2N3O4/c1-13(2,3)22-12(19)17-5-4-16-11-9(14)6-8(18(20)21)7-10(11)15/h6-7,16H,4-5H2,1-3H3,(H,17,19). The summed E-state index contributed by atoms with van der Waals surface area (Å²) in [6.45, 7) is 5.18. The molecule has 0 unspecified atom stereocenters. The van der Waals surface area contributed by atoms with E-state index in [0.29, 0.717) is 12.1 Å². The molecule has 0 fully saturated rings. The van der Waals surface area contributed by atoms with Crippen LogP contribution in [0.5, 0.6) is 0 Å². The molecule has 22 heavy (non-hydrogen) atoms. The summed E-state index contributed by atoms with van der Waals surface area (Å²) in [7, 11) is 0. The van der Waals surface area contributed by atoms with Crippen molar-refractivity contribution in [3.63, 3.8) is 0 Å². The SMILES string of the molecule is CC(C)(C)OC(=O)NCCNc1c(F)cc([N+](=O)[O-])cc1F. The van der Waals surface area contributed by atoms with Crippen LogP contribution in [0.2, 0.25) is 0 Å². The van der Waals surface area contributed by atoms with E-state index in [0.717, 1.165) is 0 Å². The zero-order valence-corrected chi connectivity index (χ0v) is 12.4. The molecular formula is C13H17F2N3O4. The van der Waals surface area contributed by atoms with Crippen LogP contribution in [0.15, 0.2) is 12.1 Å². The van der Waals surface area contributed by atoms with Crippen molar-refractivity contribution in [2.45, 2.75) is 26.4 Å². The number of hydrogen-bond acceptors (Lipinski definition) is 5. The Labute approximate surface area is 125 Å². The van der Waals surface area contributed by atoms with E-state index >= 15 is 0 Å². The van der Waals surface area contributed by atoms with Crippen LogP contribution >= 0.6 is 0 Å². The maximum atomic E-state index is 13.6. The Morgan fingerprint density at radius 1 is 1.27 bits per heavy atom. The number of halogens is 2. The molecule has 0 spiro atoms. The first-order chi connectivity index (χ1) is 10.1. The number of benzene rings is 1. The molecule has 0 saturated carbocycles. The van der Waals surface area contributed by atoms with E-state index in [2.05, 4.69) is 10.6 Å².